The van der Waals surface area contributed by atoms with E-state index < -0.39 is 0 Å². The van der Waals surface area contributed by atoms with E-state index in [0.717, 1.165) is 35.4 Å². The fourth-order valence-corrected chi connectivity index (χ4v) is 4.80. The SMILES string of the molecule is O=C(N[C@H]1CN2CCC1CC2)c1cc2c(-n3cncn3)csc2cn1. The van der Waals surface area contributed by atoms with E-state index in [9.17, 15) is 4.79 Å². The second-order valence-electron chi connectivity index (χ2n) is 6.74. The predicted molar refractivity (Wildman–Crippen MR) is 95.0 cm³/mol. The Hall–Kier alpha value is -2.32. The van der Waals surface area contributed by atoms with Gasteiger partial charge in [0.25, 0.3) is 5.91 Å². The number of piperidine rings is 3. The number of amides is 1. The second kappa shape index (κ2) is 5.89. The van der Waals surface area contributed by atoms with Crippen LogP contribution in [0, 0.1) is 5.92 Å². The van der Waals surface area contributed by atoms with Crippen LogP contribution >= 0.6 is 11.3 Å². The Morgan fingerprint density at radius 2 is 2.20 bits per heavy atom. The average molecular weight is 354 g/mol. The Morgan fingerprint density at radius 1 is 1.32 bits per heavy atom. The molecule has 1 N–H and O–H groups in total. The molecule has 3 saturated heterocycles. The lowest BCUT2D eigenvalue weighted by Crippen LogP contribution is -2.57. The highest BCUT2D eigenvalue weighted by molar-refractivity contribution is 7.17. The summed E-state index contributed by atoms with van der Waals surface area (Å²) in [6, 6.07) is 2.10. The molecule has 0 aliphatic carbocycles. The van der Waals surface area contributed by atoms with Gasteiger partial charge >= 0.3 is 0 Å². The van der Waals surface area contributed by atoms with Crippen molar-refractivity contribution in [2.45, 2.75) is 18.9 Å². The normalized spacial score (nSPS) is 25.4. The van der Waals surface area contributed by atoms with Crippen LogP contribution in [0.15, 0.2) is 30.3 Å². The van der Waals surface area contributed by atoms with E-state index in [1.165, 1.54) is 19.2 Å². The Kier molecular flexibility index (Phi) is 3.53. The lowest BCUT2D eigenvalue weighted by molar-refractivity contribution is 0.0618. The van der Waals surface area contributed by atoms with Gasteiger partial charge in [0.15, 0.2) is 0 Å². The molecule has 1 amide bonds. The summed E-state index contributed by atoms with van der Waals surface area (Å²) in [7, 11) is 0. The highest BCUT2D eigenvalue weighted by Crippen LogP contribution is 2.29. The molecule has 0 spiro atoms. The zero-order valence-electron chi connectivity index (χ0n) is 13.6. The number of pyridine rings is 1. The molecule has 8 heteroatoms. The van der Waals surface area contributed by atoms with Crippen molar-refractivity contribution in [2.24, 2.45) is 5.92 Å². The maximum absolute atomic E-state index is 12.7. The van der Waals surface area contributed by atoms with E-state index in [1.807, 2.05) is 11.4 Å². The Morgan fingerprint density at radius 3 is 2.92 bits per heavy atom. The maximum atomic E-state index is 12.7. The number of hydrogen-bond donors (Lipinski definition) is 1. The first-order valence-electron chi connectivity index (χ1n) is 8.53. The topological polar surface area (TPSA) is 75.9 Å². The predicted octanol–water partition coefficient (Wildman–Crippen LogP) is 1.70. The monoisotopic (exact) mass is 354 g/mol. The summed E-state index contributed by atoms with van der Waals surface area (Å²) in [5.41, 5.74) is 1.39. The second-order valence-corrected chi connectivity index (χ2v) is 7.66. The van der Waals surface area contributed by atoms with Crippen molar-refractivity contribution in [3.63, 3.8) is 0 Å². The van der Waals surface area contributed by atoms with Gasteiger partial charge in [-0.3, -0.25) is 4.79 Å². The molecule has 7 nitrogen and oxygen atoms in total. The standard InChI is InChI=1S/C17H18N6OS/c24-17(21-14-7-22-3-1-11(14)2-4-22)13-5-12-15(23-10-18-9-20-23)8-25-16(12)6-19-13/h5-6,8-11,14H,1-4,7H2,(H,21,24)/t14-/m0/s1. The minimum atomic E-state index is -0.0867. The molecule has 3 aliphatic heterocycles. The molecular weight excluding hydrogens is 336 g/mol. The molecule has 6 heterocycles. The number of carbonyl (C=O) groups excluding carboxylic acids is 1. The minimum absolute atomic E-state index is 0.0867. The van der Waals surface area contributed by atoms with Gasteiger partial charge in [0.05, 0.1) is 10.4 Å². The third-order valence-corrected chi connectivity index (χ3v) is 6.23. The number of nitrogens with one attached hydrogen (secondary N) is 1. The fourth-order valence-electron chi connectivity index (χ4n) is 3.92. The first kappa shape index (κ1) is 15.0. The van der Waals surface area contributed by atoms with E-state index in [-0.39, 0.29) is 11.9 Å². The molecule has 0 radical (unpaired) electrons. The van der Waals surface area contributed by atoms with Gasteiger partial charge in [-0.15, -0.1) is 11.3 Å². The van der Waals surface area contributed by atoms with Crippen molar-refractivity contribution in [3.8, 4) is 5.69 Å². The number of nitrogens with zero attached hydrogens (tertiary/aromatic N) is 5. The van der Waals surface area contributed by atoms with Gasteiger partial charge in [0.1, 0.15) is 18.3 Å². The molecule has 3 aromatic rings. The summed E-state index contributed by atoms with van der Waals surface area (Å²) in [6.45, 7) is 3.29. The highest BCUT2D eigenvalue weighted by atomic mass is 32.1. The first-order chi connectivity index (χ1) is 12.3. The number of aromatic nitrogens is 4. The summed E-state index contributed by atoms with van der Waals surface area (Å²) >= 11 is 1.59. The maximum Gasteiger partial charge on any atom is 0.270 e. The molecule has 0 unspecified atom stereocenters. The van der Waals surface area contributed by atoms with Crippen LogP contribution in [0.2, 0.25) is 0 Å². The number of carbonyl (C=O) groups is 1. The van der Waals surface area contributed by atoms with Crippen LogP contribution in [0.25, 0.3) is 15.8 Å². The number of thiophene rings is 1. The number of fused-ring (bicyclic) bond motifs is 4. The van der Waals surface area contributed by atoms with Crippen LogP contribution in [-0.4, -0.2) is 56.2 Å². The molecule has 128 valence electrons. The van der Waals surface area contributed by atoms with Crippen LogP contribution in [0.1, 0.15) is 23.3 Å². The molecule has 3 fully saturated rings. The van der Waals surface area contributed by atoms with E-state index >= 15 is 0 Å². The molecular formula is C17H18N6OS. The molecule has 0 aromatic carbocycles. The molecule has 25 heavy (non-hydrogen) atoms. The van der Waals surface area contributed by atoms with Gasteiger partial charge in [-0.05, 0) is 37.9 Å². The lowest BCUT2D eigenvalue weighted by Gasteiger charge is -2.44. The summed E-state index contributed by atoms with van der Waals surface area (Å²) in [5, 5.41) is 10.4. The van der Waals surface area contributed by atoms with Crippen LogP contribution in [0.3, 0.4) is 0 Å². The van der Waals surface area contributed by atoms with Gasteiger partial charge in [-0.1, -0.05) is 0 Å². The van der Waals surface area contributed by atoms with E-state index in [1.54, 1.807) is 28.5 Å². The average Bonchev–Trinajstić information content (AvgIpc) is 3.31. The molecule has 6 rings (SSSR count). The zero-order chi connectivity index (χ0) is 16.8. The van der Waals surface area contributed by atoms with Gasteiger partial charge < -0.3 is 10.2 Å². The van der Waals surface area contributed by atoms with E-state index in [0.29, 0.717) is 11.6 Å². The van der Waals surface area contributed by atoms with Gasteiger partial charge in [-0.2, -0.15) is 5.10 Å². The number of hydrogen-bond acceptors (Lipinski definition) is 6. The lowest BCUT2D eigenvalue weighted by atomic mass is 9.84. The fraction of sp³-hybridized carbons (Fsp3) is 0.412. The van der Waals surface area contributed by atoms with Crippen molar-refractivity contribution >= 4 is 27.3 Å². The smallest absolute Gasteiger partial charge is 0.270 e. The summed E-state index contributed by atoms with van der Waals surface area (Å²) < 4.78 is 2.75. The first-order valence-corrected chi connectivity index (χ1v) is 9.41. The van der Waals surface area contributed by atoms with Gasteiger partial charge in [-0.25, -0.2) is 14.6 Å². The molecule has 3 aliphatic rings. The number of rotatable bonds is 3. The van der Waals surface area contributed by atoms with Crippen molar-refractivity contribution in [1.29, 1.82) is 0 Å². The summed E-state index contributed by atoms with van der Waals surface area (Å²) in [6.07, 6.45) is 7.29. The van der Waals surface area contributed by atoms with Crippen molar-refractivity contribution in [3.05, 3.63) is 36.0 Å². The Balaban J connectivity index is 1.42. The zero-order valence-corrected chi connectivity index (χ0v) is 14.4. The molecule has 3 aromatic heterocycles. The van der Waals surface area contributed by atoms with Gasteiger partial charge in [0.2, 0.25) is 0 Å². The quantitative estimate of drug-likeness (QED) is 0.775. The van der Waals surface area contributed by atoms with Gasteiger partial charge in [0, 0.05) is 29.5 Å². The van der Waals surface area contributed by atoms with E-state index in [2.05, 4.69) is 25.3 Å². The van der Waals surface area contributed by atoms with Crippen LogP contribution in [0.5, 0.6) is 0 Å². The largest absolute Gasteiger partial charge is 0.346 e. The van der Waals surface area contributed by atoms with E-state index in [4.69, 9.17) is 0 Å². The van der Waals surface area contributed by atoms with Crippen LogP contribution in [0.4, 0.5) is 0 Å². The van der Waals surface area contributed by atoms with Crippen molar-refractivity contribution in [2.75, 3.05) is 19.6 Å². The summed E-state index contributed by atoms with van der Waals surface area (Å²) in [4.78, 5) is 23.5. The minimum Gasteiger partial charge on any atom is -0.346 e. The third-order valence-electron chi connectivity index (χ3n) is 5.31. The highest BCUT2D eigenvalue weighted by Gasteiger charge is 2.35. The third kappa shape index (κ3) is 2.61. The molecule has 0 saturated carbocycles. The van der Waals surface area contributed by atoms with Crippen molar-refractivity contribution < 1.29 is 4.79 Å². The molecule has 2 bridgehead atoms. The van der Waals surface area contributed by atoms with Crippen molar-refractivity contribution in [1.82, 2.24) is 30.0 Å². The molecule has 1 atom stereocenters. The Bertz CT molecular complexity index is 913. The Labute approximate surface area is 148 Å². The summed E-state index contributed by atoms with van der Waals surface area (Å²) in [5.74, 6) is 0.515. The van der Waals surface area contributed by atoms with Crippen LogP contribution < -0.4 is 5.32 Å². The van der Waals surface area contributed by atoms with Crippen LogP contribution in [-0.2, 0) is 0 Å².